The van der Waals surface area contributed by atoms with Crippen molar-refractivity contribution in [1.29, 1.82) is 0 Å². The molecule has 0 aliphatic carbocycles. The Hall–Kier alpha value is 0.210. The zero-order valence-electron chi connectivity index (χ0n) is 4.34. The summed E-state index contributed by atoms with van der Waals surface area (Å²) in [5.41, 5.74) is 0. The van der Waals surface area contributed by atoms with Crippen molar-refractivity contribution in [3.8, 4) is 0 Å². The average molecular weight is 229 g/mol. The van der Waals surface area contributed by atoms with Crippen LogP contribution in [-0.4, -0.2) is 4.98 Å². The fraction of sp³-hybridized carbons (Fsp3) is 0. The third-order valence-electron chi connectivity index (χ3n) is 0.691. The van der Waals surface area contributed by atoms with Crippen LogP contribution in [0.25, 0.3) is 0 Å². The Bertz CT molecular complexity index is 154. The Morgan fingerprint density at radius 1 is 1.44 bits per heavy atom. The molecule has 4 heteroatoms. The summed E-state index contributed by atoms with van der Waals surface area (Å²) in [6.45, 7) is 0. The van der Waals surface area contributed by atoms with Crippen LogP contribution in [0, 0.1) is 0 Å². The molecule has 1 heterocycles. The van der Waals surface area contributed by atoms with Gasteiger partial charge in [0.2, 0.25) is 0 Å². The molecule has 50 valence electrons. The van der Waals surface area contributed by atoms with Gasteiger partial charge in [-0.3, -0.25) is 0 Å². The molecule has 0 spiro atoms. The van der Waals surface area contributed by atoms with Crippen LogP contribution in [0.15, 0.2) is 22.8 Å². The monoisotopic (exact) mass is 227 g/mol. The molecule has 0 fully saturated rings. The lowest BCUT2D eigenvalue weighted by Gasteiger charge is -1.85. The highest BCUT2D eigenvalue weighted by Gasteiger charge is 1.84. The summed E-state index contributed by atoms with van der Waals surface area (Å²) in [7, 11) is 0. The number of aromatic nitrogens is 1. The molecule has 1 aromatic rings. The summed E-state index contributed by atoms with van der Waals surface area (Å²) < 4.78 is 0.946. The van der Waals surface area contributed by atoms with Gasteiger partial charge in [-0.2, -0.15) is 0 Å². The largest absolute Gasteiger partial charge is 0.243 e. The predicted molar refractivity (Wildman–Crippen MR) is 44.2 cm³/mol. The standard InChI is InChI=1S/C5H3BrClN.ClH/c6-4-1-2-5(7)8-3-4;/h1-3H;1H. The molecule has 1 rings (SSSR count). The Balaban J connectivity index is 0.000000640. The van der Waals surface area contributed by atoms with Gasteiger partial charge in [-0.15, -0.1) is 12.4 Å². The van der Waals surface area contributed by atoms with Gasteiger partial charge in [0.15, 0.2) is 0 Å². The van der Waals surface area contributed by atoms with Gasteiger partial charge in [0.1, 0.15) is 5.15 Å². The molecule has 1 aromatic heterocycles. The lowest BCUT2D eigenvalue weighted by molar-refractivity contribution is 1.31. The molecule has 0 aromatic carbocycles. The molecule has 0 aliphatic heterocycles. The number of rotatable bonds is 0. The predicted octanol–water partition coefficient (Wildman–Crippen LogP) is 2.92. The second kappa shape index (κ2) is 4.09. The molecule has 0 saturated carbocycles. The van der Waals surface area contributed by atoms with E-state index in [9.17, 15) is 0 Å². The second-order valence-electron chi connectivity index (χ2n) is 1.30. The van der Waals surface area contributed by atoms with Gasteiger partial charge >= 0.3 is 0 Å². The second-order valence-corrected chi connectivity index (χ2v) is 2.60. The maximum absolute atomic E-state index is 5.48. The lowest BCUT2D eigenvalue weighted by Crippen LogP contribution is -1.69. The third kappa shape index (κ3) is 3.04. The number of halogens is 3. The molecular formula is C5H4BrCl2N. The van der Waals surface area contributed by atoms with Gasteiger partial charge in [-0.25, -0.2) is 4.98 Å². The molecule has 9 heavy (non-hydrogen) atoms. The molecule has 1 nitrogen and oxygen atoms in total. The smallest absolute Gasteiger partial charge is 0.129 e. The van der Waals surface area contributed by atoms with Crippen molar-refractivity contribution in [1.82, 2.24) is 4.98 Å². The van der Waals surface area contributed by atoms with Crippen LogP contribution in [-0.2, 0) is 0 Å². The van der Waals surface area contributed by atoms with Crippen molar-refractivity contribution >= 4 is 39.9 Å². The van der Waals surface area contributed by atoms with E-state index in [4.69, 9.17) is 11.6 Å². The Morgan fingerprint density at radius 2 is 2.11 bits per heavy atom. The van der Waals surface area contributed by atoms with Gasteiger partial charge in [-0.05, 0) is 28.1 Å². The highest BCUT2D eigenvalue weighted by molar-refractivity contribution is 9.10. The van der Waals surface area contributed by atoms with Gasteiger partial charge in [0.05, 0.1) is 0 Å². The van der Waals surface area contributed by atoms with Crippen molar-refractivity contribution in [2.24, 2.45) is 0 Å². The van der Waals surface area contributed by atoms with Crippen molar-refractivity contribution < 1.29 is 0 Å². The molecule has 0 unspecified atom stereocenters. The van der Waals surface area contributed by atoms with Gasteiger partial charge in [-0.1, -0.05) is 11.6 Å². The topological polar surface area (TPSA) is 12.9 Å². The number of nitrogens with zero attached hydrogens (tertiary/aromatic N) is 1. The lowest BCUT2D eigenvalue weighted by atomic mass is 10.5. The van der Waals surface area contributed by atoms with E-state index < -0.39 is 0 Å². The molecule has 0 N–H and O–H groups in total. The SMILES string of the molecule is Cl.Clc1ccc(Br)cn1. The fourth-order valence-corrected chi connectivity index (χ4v) is 0.704. The normalized spacial score (nSPS) is 8.22. The van der Waals surface area contributed by atoms with Crippen molar-refractivity contribution in [3.63, 3.8) is 0 Å². The van der Waals surface area contributed by atoms with Crippen molar-refractivity contribution in [2.45, 2.75) is 0 Å². The van der Waals surface area contributed by atoms with E-state index >= 15 is 0 Å². The zero-order chi connectivity index (χ0) is 5.98. The fourth-order valence-electron chi connectivity index (χ4n) is 0.358. The van der Waals surface area contributed by atoms with E-state index in [1.807, 2.05) is 6.07 Å². The summed E-state index contributed by atoms with van der Waals surface area (Å²) in [5.74, 6) is 0. The van der Waals surface area contributed by atoms with Crippen LogP contribution in [0.1, 0.15) is 0 Å². The van der Waals surface area contributed by atoms with Gasteiger partial charge in [0.25, 0.3) is 0 Å². The quantitative estimate of drug-likeness (QED) is 0.623. The number of hydrogen-bond donors (Lipinski definition) is 0. The summed E-state index contributed by atoms with van der Waals surface area (Å²) in [6.07, 6.45) is 1.66. The van der Waals surface area contributed by atoms with Crippen LogP contribution in [0.4, 0.5) is 0 Å². The minimum Gasteiger partial charge on any atom is -0.243 e. The maximum Gasteiger partial charge on any atom is 0.129 e. The molecule has 0 amide bonds. The summed E-state index contributed by atoms with van der Waals surface area (Å²) in [4.78, 5) is 3.80. The molecular weight excluding hydrogens is 225 g/mol. The van der Waals surface area contributed by atoms with Crippen LogP contribution >= 0.6 is 39.9 Å². The maximum atomic E-state index is 5.48. The van der Waals surface area contributed by atoms with E-state index in [0.29, 0.717) is 5.15 Å². The van der Waals surface area contributed by atoms with Crippen molar-refractivity contribution in [2.75, 3.05) is 0 Å². The van der Waals surface area contributed by atoms with Crippen LogP contribution in [0.2, 0.25) is 5.15 Å². The van der Waals surface area contributed by atoms with E-state index in [0.717, 1.165) is 4.47 Å². The van der Waals surface area contributed by atoms with Crippen LogP contribution < -0.4 is 0 Å². The molecule has 0 radical (unpaired) electrons. The first-order valence-electron chi connectivity index (χ1n) is 2.06. The first kappa shape index (κ1) is 9.21. The Kier molecular flexibility index (Phi) is 4.19. The third-order valence-corrected chi connectivity index (χ3v) is 1.38. The molecule has 0 saturated heterocycles. The van der Waals surface area contributed by atoms with E-state index in [1.54, 1.807) is 12.3 Å². The number of pyridine rings is 1. The highest BCUT2D eigenvalue weighted by Crippen LogP contribution is 2.09. The Morgan fingerprint density at radius 3 is 2.44 bits per heavy atom. The van der Waals surface area contributed by atoms with E-state index in [-0.39, 0.29) is 12.4 Å². The minimum absolute atomic E-state index is 0. The van der Waals surface area contributed by atoms with Gasteiger partial charge in [0, 0.05) is 10.7 Å². The van der Waals surface area contributed by atoms with E-state index in [1.165, 1.54) is 0 Å². The highest BCUT2D eigenvalue weighted by atomic mass is 79.9. The molecule has 0 aliphatic rings. The Labute approximate surface area is 73.0 Å². The summed E-state index contributed by atoms with van der Waals surface area (Å²) in [5, 5.41) is 0.521. The minimum atomic E-state index is 0. The summed E-state index contributed by atoms with van der Waals surface area (Å²) >= 11 is 8.70. The first-order chi connectivity index (χ1) is 3.79. The van der Waals surface area contributed by atoms with E-state index in [2.05, 4.69) is 20.9 Å². The van der Waals surface area contributed by atoms with Gasteiger partial charge < -0.3 is 0 Å². The molecule has 0 atom stereocenters. The summed E-state index contributed by atoms with van der Waals surface area (Å²) in [6, 6.07) is 3.57. The zero-order valence-corrected chi connectivity index (χ0v) is 7.50. The first-order valence-corrected chi connectivity index (χ1v) is 3.23. The average Bonchev–Trinajstić information content (AvgIpc) is 1.77. The van der Waals surface area contributed by atoms with Crippen LogP contribution in [0.5, 0.6) is 0 Å². The van der Waals surface area contributed by atoms with Crippen molar-refractivity contribution in [3.05, 3.63) is 28.0 Å². The number of hydrogen-bond acceptors (Lipinski definition) is 1. The van der Waals surface area contributed by atoms with Crippen LogP contribution in [0.3, 0.4) is 0 Å². The molecule has 0 bridgehead atoms.